The summed E-state index contributed by atoms with van der Waals surface area (Å²) in [6.07, 6.45) is 0. The first-order valence-electron chi connectivity index (χ1n) is 3.58. The van der Waals surface area contributed by atoms with Crippen molar-refractivity contribution in [2.24, 2.45) is 5.73 Å². The van der Waals surface area contributed by atoms with Crippen molar-refractivity contribution >= 4 is 5.69 Å². The molecule has 0 aliphatic carbocycles. The lowest BCUT2D eigenvalue weighted by Gasteiger charge is -1.98. The summed E-state index contributed by atoms with van der Waals surface area (Å²) in [6.45, 7) is 0.103. The lowest BCUT2D eigenvalue weighted by atomic mass is 10.2. The Hall–Kier alpha value is -1.60. The SMILES string of the molecule is NCC#Cc1cc(F)c(N)cc1F. The normalized spacial score (nSPS) is 9.15. The highest BCUT2D eigenvalue weighted by Crippen LogP contribution is 2.15. The molecule has 0 aliphatic rings. The Kier molecular flexibility index (Phi) is 2.83. The number of halogens is 2. The molecule has 1 aromatic rings. The lowest BCUT2D eigenvalue weighted by Crippen LogP contribution is -1.96. The molecule has 0 radical (unpaired) electrons. The van der Waals surface area contributed by atoms with Crippen LogP contribution in [0.5, 0.6) is 0 Å². The molecule has 0 unspecified atom stereocenters. The van der Waals surface area contributed by atoms with E-state index in [9.17, 15) is 8.78 Å². The molecule has 0 aliphatic heterocycles. The highest BCUT2D eigenvalue weighted by molar-refractivity contribution is 5.47. The molecule has 0 amide bonds. The fraction of sp³-hybridized carbons (Fsp3) is 0.111. The van der Waals surface area contributed by atoms with Crippen LogP contribution in [0.1, 0.15) is 5.56 Å². The second-order valence-corrected chi connectivity index (χ2v) is 2.36. The van der Waals surface area contributed by atoms with E-state index in [4.69, 9.17) is 11.5 Å². The van der Waals surface area contributed by atoms with Gasteiger partial charge >= 0.3 is 0 Å². The van der Waals surface area contributed by atoms with Crippen molar-refractivity contribution in [1.29, 1.82) is 0 Å². The molecule has 0 saturated heterocycles. The van der Waals surface area contributed by atoms with Crippen molar-refractivity contribution in [3.8, 4) is 11.8 Å². The first-order valence-corrected chi connectivity index (χ1v) is 3.58. The minimum Gasteiger partial charge on any atom is -0.396 e. The number of anilines is 1. The first-order chi connectivity index (χ1) is 6.15. The average Bonchev–Trinajstić information content (AvgIpc) is 2.09. The van der Waals surface area contributed by atoms with E-state index < -0.39 is 11.6 Å². The predicted octanol–water partition coefficient (Wildman–Crippen LogP) is 0.857. The van der Waals surface area contributed by atoms with Crippen LogP contribution < -0.4 is 11.5 Å². The first kappa shape index (κ1) is 9.49. The van der Waals surface area contributed by atoms with E-state index in [2.05, 4.69) is 11.8 Å². The van der Waals surface area contributed by atoms with E-state index >= 15 is 0 Å². The summed E-state index contributed by atoms with van der Waals surface area (Å²) in [4.78, 5) is 0. The number of nitrogens with two attached hydrogens (primary N) is 2. The maximum Gasteiger partial charge on any atom is 0.147 e. The van der Waals surface area contributed by atoms with E-state index in [1.165, 1.54) is 0 Å². The average molecular weight is 182 g/mol. The second-order valence-electron chi connectivity index (χ2n) is 2.36. The van der Waals surface area contributed by atoms with Crippen molar-refractivity contribution < 1.29 is 8.78 Å². The van der Waals surface area contributed by atoms with Gasteiger partial charge in [0, 0.05) is 6.07 Å². The molecule has 0 atom stereocenters. The number of hydrogen-bond donors (Lipinski definition) is 2. The number of benzene rings is 1. The molecule has 0 fully saturated rings. The van der Waals surface area contributed by atoms with E-state index in [0.717, 1.165) is 12.1 Å². The van der Waals surface area contributed by atoms with Gasteiger partial charge in [-0.25, -0.2) is 8.78 Å². The third-order valence-electron chi connectivity index (χ3n) is 1.41. The Balaban J connectivity index is 3.16. The topological polar surface area (TPSA) is 52.0 Å². The van der Waals surface area contributed by atoms with Crippen LogP contribution in [0.25, 0.3) is 0 Å². The van der Waals surface area contributed by atoms with Crippen LogP contribution in [0.15, 0.2) is 12.1 Å². The van der Waals surface area contributed by atoms with Crippen LogP contribution >= 0.6 is 0 Å². The largest absolute Gasteiger partial charge is 0.396 e. The van der Waals surface area contributed by atoms with Gasteiger partial charge in [-0.05, 0) is 6.07 Å². The van der Waals surface area contributed by atoms with Gasteiger partial charge in [-0.1, -0.05) is 11.8 Å². The molecular formula is C9H8F2N2. The monoisotopic (exact) mass is 182 g/mol. The Bertz CT molecular complexity index is 377. The second kappa shape index (κ2) is 3.87. The predicted molar refractivity (Wildman–Crippen MR) is 46.7 cm³/mol. The summed E-state index contributed by atoms with van der Waals surface area (Å²) in [5, 5.41) is 0. The van der Waals surface area contributed by atoms with E-state index in [1.54, 1.807) is 0 Å². The minimum atomic E-state index is -0.678. The van der Waals surface area contributed by atoms with Gasteiger partial charge in [0.15, 0.2) is 0 Å². The Morgan fingerprint density at radius 3 is 2.54 bits per heavy atom. The highest BCUT2D eigenvalue weighted by Gasteiger charge is 2.04. The van der Waals surface area contributed by atoms with Crippen LogP contribution in [-0.4, -0.2) is 6.54 Å². The van der Waals surface area contributed by atoms with Crippen LogP contribution in [0.4, 0.5) is 14.5 Å². The summed E-state index contributed by atoms with van der Waals surface area (Å²) in [6, 6.07) is 1.85. The molecule has 0 aromatic heterocycles. The fourth-order valence-corrected chi connectivity index (χ4v) is 0.804. The van der Waals surface area contributed by atoms with Crippen LogP contribution in [-0.2, 0) is 0 Å². The van der Waals surface area contributed by atoms with Gasteiger partial charge in [0.2, 0.25) is 0 Å². The summed E-state index contributed by atoms with van der Waals surface area (Å²) in [7, 11) is 0. The Labute approximate surface area is 74.5 Å². The zero-order valence-electron chi connectivity index (χ0n) is 6.77. The molecule has 0 spiro atoms. The Morgan fingerprint density at radius 2 is 1.92 bits per heavy atom. The van der Waals surface area contributed by atoms with E-state index in [0.29, 0.717) is 0 Å². The summed E-state index contributed by atoms with van der Waals surface area (Å²) in [5.41, 5.74) is 9.95. The maximum atomic E-state index is 13.0. The summed E-state index contributed by atoms with van der Waals surface area (Å²) < 4.78 is 25.8. The summed E-state index contributed by atoms with van der Waals surface area (Å²) in [5.74, 6) is 3.50. The molecule has 0 heterocycles. The van der Waals surface area contributed by atoms with Gasteiger partial charge in [0.25, 0.3) is 0 Å². The van der Waals surface area contributed by atoms with Crippen molar-refractivity contribution in [2.75, 3.05) is 12.3 Å². The third-order valence-corrected chi connectivity index (χ3v) is 1.41. The van der Waals surface area contributed by atoms with Gasteiger partial charge in [0.1, 0.15) is 11.6 Å². The molecular weight excluding hydrogens is 174 g/mol. The lowest BCUT2D eigenvalue weighted by molar-refractivity contribution is 0.601. The summed E-state index contributed by atoms with van der Waals surface area (Å²) >= 11 is 0. The van der Waals surface area contributed by atoms with Gasteiger partial charge in [0.05, 0.1) is 17.8 Å². The van der Waals surface area contributed by atoms with Gasteiger partial charge in [-0.3, -0.25) is 0 Å². The van der Waals surface area contributed by atoms with E-state index in [1.807, 2.05) is 0 Å². The molecule has 4 N–H and O–H groups in total. The minimum absolute atomic E-state index is 0.0304. The maximum absolute atomic E-state index is 13.0. The van der Waals surface area contributed by atoms with Crippen molar-refractivity contribution in [3.63, 3.8) is 0 Å². The van der Waals surface area contributed by atoms with Crippen LogP contribution in [0.3, 0.4) is 0 Å². The molecule has 1 rings (SSSR count). The van der Waals surface area contributed by atoms with Crippen molar-refractivity contribution in [3.05, 3.63) is 29.3 Å². The molecule has 2 nitrogen and oxygen atoms in total. The molecule has 68 valence electrons. The Morgan fingerprint density at radius 1 is 1.23 bits per heavy atom. The fourth-order valence-electron chi connectivity index (χ4n) is 0.804. The van der Waals surface area contributed by atoms with Gasteiger partial charge < -0.3 is 11.5 Å². The molecule has 4 heteroatoms. The standard InChI is InChI=1S/C9H8F2N2/c10-7-5-9(13)8(11)4-6(7)2-1-3-12/h4-5H,3,12-13H2. The molecule has 0 bridgehead atoms. The zero-order valence-corrected chi connectivity index (χ0v) is 6.77. The molecule has 13 heavy (non-hydrogen) atoms. The van der Waals surface area contributed by atoms with Crippen molar-refractivity contribution in [2.45, 2.75) is 0 Å². The van der Waals surface area contributed by atoms with Crippen molar-refractivity contribution in [1.82, 2.24) is 0 Å². The zero-order chi connectivity index (χ0) is 9.84. The van der Waals surface area contributed by atoms with E-state index in [-0.39, 0.29) is 17.8 Å². The smallest absolute Gasteiger partial charge is 0.147 e. The highest BCUT2D eigenvalue weighted by atomic mass is 19.1. The van der Waals surface area contributed by atoms with Gasteiger partial charge in [-0.15, -0.1) is 0 Å². The molecule has 0 saturated carbocycles. The number of nitrogen functional groups attached to an aromatic ring is 1. The quantitative estimate of drug-likeness (QED) is 0.461. The van der Waals surface area contributed by atoms with Gasteiger partial charge in [-0.2, -0.15) is 0 Å². The number of rotatable bonds is 0. The third kappa shape index (κ3) is 2.17. The molecule has 1 aromatic carbocycles. The number of hydrogen-bond acceptors (Lipinski definition) is 2. The van der Waals surface area contributed by atoms with Crippen LogP contribution in [0.2, 0.25) is 0 Å². The van der Waals surface area contributed by atoms with Crippen LogP contribution in [0, 0.1) is 23.5 Å².